The molecule has 2 aliphatic rings. The van der Waals surface area contributed by atoms with Gasteiger partial charge in [-0.2, -0.15) is 11.8 Å². The zero-order valence-corrected chi connectivity index (χ0v) is 12.6. The third-order valence-electron chi connectivity index (χ3n) is 3.54. The number of urea groups is 1. The van der Waals surface area contributed by atoms with Crippen molar-refractivity contribution in [1.82, 2.24) is 10.2 Å². The Morgan fingerprint density at radius 2 is 2.26 bits per heavy atom. The average molecular weight is 304 g/mol. The first-order valence-electron chi connectivity index (χ1n) is 6.61. The molecular formula is C12H20N2O3S2. The molecule has 0 aromatic carbocycles. The summed E-state index contributed by atoms with van der Waals surface area (Å²) in [6.45, 7) is 2.15. The van der Waals surface area contributed by atoms with Crippen LogP contribution in [-0.4, -0.2) is 56.7 Å². The molecule has 108 valence electrons. The topological polar surface area (TPSA) is 69.6 Å². The van der Waals surface area contributed by atoms with Gasteiger partial charge in [0.1, 0.15) is 6.04 Å². The van der Waals surface area contributed by atoms with Gasteiger partial charge in [0, 0.05) is 17.0 Å². The minimum atomic E-state index is -0.911. The Morgan fingerprint density at radius 1 is 1.47 bits per heavy atom. The van der Waals surface area contributed by atoms with E-state index >= 15 is 0 Å². The Labute approximate surface area is 121 Å². The molecule has 3 unspecified atom stereocenters. The van der Waals surface area contributed by atoms with Crippen molar-refractivity contribution < 1.29 is 14.7 Å². The second kappa shape index (κ2) is 6.74. The molecule has 1 aliphatic heterocycles. The molecular weight excluding hydrogens is 284 g/mol. The standard InChI is InChI=1S/C12H20N2O3S2/c1-2-19-9-4-3-8(5-9)13-12(17)14-7-18-6-10(14)11(15)16/h8-10H,2-7H2,1H3,(H,13,17)(H,15,16). The van der Waals surface area contributed by atoms with E-state index in [1.54, 1.807) is 0 Å². The number of thioether (sulfide) groups is 2. The van der Waals surface area contributed by atoms with E-state index in [0.717, 1.165) is 25.0 Å². The highest BCUT2D eigenvalue weighted by Crippen LogP contribution is 2.30. The molecule has 5 nitrogen and oxygen atoms in total. The summed E-state index contributed by atoms with van der Waals surface area (Å²) >= 11 is 3.44. The number of hydrogen-bond donors (Lipinski definition) is 2. The number of carbonyl (C=O) groups excluding carboxylic acids is 1. The molecule has 7 heteroatoms. The van der Waals surface area contributed by atoms with Crippen LogP contribution < -0.4 is 5.32 Å². The Bertz CT molecular complexity index is 354. The Kier molecular flexibility index (Phi) is 5.27. The van der Waals surface area contributed by atoms with Crippen LogP contribution in [0.15, 0.2) is 0 Å². The van der Waals surface area contributed by atoms with E-state index in [2.05, 4.69) is 12.2 Å². The molecule has 2 N–H and O–H groups in total. The van der Waals surface area contributed by atoms with Crippen LogP contribution in [0.25, 0.3) is 0 Å². The maximum Gasteiger partial charge on any atom is 0.327 e. The summed E-state index contributed by atoms with van der Waals surface area (Å²) in [5.74, 6) is 1.16. The zero-order chi connectivity index (χ0) is 13.8. The van der Waals surface area contributed by atoms with E-state index in [4.69, 9.17) is 5.11 Å². The zero-order valence-electron chi connectivity index (χ0n) is 11.0. The predicted octanol–water partition coefficient (Wildman–Crippen LogP) is 1.83. The lowest BCUT2D eigenvalue weighted by atomic mass is 10.2. The van der Waals surface area contributed by atoms with Gasteiger partial charge in [-0.3, -0.25) is 0 Å². The summed E-state index contributed by atoms with van der Waals surface area (Å²) in [7, 11) is 0. The number of nitrogens with zero attached hydrogens (tertiary/aromatic N) is 1. The molecule has 0 radical (unpaired) electrons. The predicted molar refractivity (Wildman–Crippen MR) is 78.7 cm³/mol. The highest BCUT2D eigenvalue weighted by molar-refractivity contribution is 8.00. The monoisotopic (exact) mass is 304 g/mol. The van der Waals surface area contributed by atoms with E-state index in [0.29, 0.717) is 16.9 Å². The van der Waals surface area contributed by atoms with E-state index < -0.39 is 12.0 Å². The minimum Gasteiger partial charge on any atom is -0.480 e. The van der Waals surface area contributed by atoms with E-state index in [-0.39, 0.29) is 12.1 Å². The smallest absolute Gasteiger partial charge is 0.327 e. The van der Waals surface area contributed by atoms with Crippen molar-refractivity contribution in [3.05, 3.63) is 0 Å². The fourth-order valence-corrected chi connectivity index (χ4v) is 4.85. The van der Waals surface area contributed by atoms with Crippen LogP contribution in [0.1, 0.15) is 26.2 Å². The third kappa shape index (κ3) is 3.72. The number of carboxylic acids is 1. The van der Waals surface area contributed by atoms with Crippen LogP contribution in [0.5, 0.6) is 0 Å². The lowest BCUT2D eigenvalue weighted by molar-refractivity contribution is -0.140. The number of aliphatic carboxylic acids is 1. The molecule has 19 heavy (non-hydrogen) atoms. The Morgan fingerprint density at radius 3 is 2.95 bits per heavy atom. The van der Waals surface area contributed by atoms with Crippen LogP contribution in [0.4, 0.5) is 4.79 Å². The van der Waals surface area contributed by atoms with Gasteiger partial charge in [-0.05, 0) is 25.0 Å². The molecule has 1 aliphatic carbocycles. The molecule has 1 saturated carbocycles. The van der Waals surface area contributed by atoms with Crippen molar-refractivity contribution in [3.8, 4) is 0 Å². The number of nitrogens with one attached hydrogen (secondary N) is 1. The van der Waals surface area contributed by atoms with Crippen molar-refractivity contribution in [2.75, 3.05) is 17.4 Å². The summed E-state index contributed by atoms with van der Waals surface area (Å²) in [5.41, 5.74) is 0. The molecule has 0 aromatic heterocycles. The largest absolute Gasteiger partial charge is 0.480 e. The minimum absolute atomic E-state index is 0.205. The van der Waals surface area contributed by atoms with Crippen LogP contribution in [0.2, 0.25) is 0 Å². The first kappa shape index (κ1) is 14.8. The molecule has 2 rings (SSSR count). The number of amides is 2. The SMILES string of the molecule is CCSC1CCC(NC(=O)N2CSCC2C(=O)O)C1. The van der Waals surface area contributed by atoms with Gasteiger partial charge in [0.05, 0.1) is 5.88 Å². The Balaban J connectivity index is 1.83. The van der Waals surface area contributed by atoms with Crippen molar-refractivity contribution >= 4 is 35.5 Å². The quantitative estimate of drug-likeness (QED) is 0.829. The van der Waals surface area contributed by atoms with Gasteiger partial charge in [0.2, 0.25) is 0 Å². The van der Waals surface area contributed by atoms with E-state index in [1.807, 2.05) is 11.8 Å². The second-order valence-corrected chi connectivity index (χ2v) is 7.44. The lowest BCUT2D eigenvalue weighted by Gasteiger charge is -2.23. The molecule has 0 spiro atoms. The van der Waals surface area contributed by atoms with Crippen LogP contribution >= 0.6 is 23.5 Å². The number of rotatable bonds is 4. The summed E-state index contributed by atoms with van der Waals surface area (Å²) in [5, 5.41) is 12.7. The van der Waals surface area contributed by atoms with Gasteiger partial charge in [0.25, 0.3) is 0 Å². The van der Waals surface area contributed by atoms with Gasteiger partial charge in [-0.1, -0.05) is 6.92 Å². The highest BCUT2D eigenvalue weighted by atomic mass is 32.2. The van der Waals surface area contributed by atoms with Crippen molar-refractivity contribution in [3.63, 3.8) is 0 Å². The lowest BCUT2D eigenvalue weighted by Crippen LogP contribution is -2.49. The second-order valence-electron chi connectivity index (χ2n) is 4.86. The summed E-state index contributed by atoms with van der Waals surface area (Å²) in [6.07, 6.45) is 3.14. The number of carboxylic acid groups (broad SMARTS) is 1. The average Bonchev–Trinajstić information content (AvgIpc) is 2.98. The molecule has 0 bridgehead atoms. The van der Waals surface area contributed by atoms with Gasteiger partial charge >= 0.3 is 12.0 Å². The highest BCUT2D eigenvalue weighted by Gasteiger charge is 2.36. The van der Waals surface area contributed by atoms with Crippen molar-refractivity contribution in [1.29, 1.82) is 0 Å². The maximum atomic E-state index is 12.1. The number of carbonyl (C=O) groups is 2. The molecule has 2 amide bonds. The Hall–Kier alpha value is -0.560. The van der Waals surface area contributed by atoms with Crippen LogP contribution in [0.3, 0.4) is 0 Å². The molecule has 1 heterocycles. The maximum absolute atomic E-state index is 12.1. The number of hydrogen-bond acceptors (Lipinski definition) is 4. The first-order chi connectivity index (χ1) is 9.11. The van der Waals surface area contributed by atoms with Crippen molar-refractivity contribution in [2.45, 2.75) is 43.5 Å². The van der Waals surface area contributed by atoms with Gasteiger partial charge in [-0.15, -0.1) is 11.8 Å². The molecule has 1 saturated heterocycles. The molecule has 0 aromatic rings. The summed E-state index contributed by atoms with van der Waals surface area (Å²) in [4.78, 5) is 24.6. The fourth-order valence-electron chi connectivity index (χ4n) is 2.56. The summed E-state index contributed by atoms with van der Waals surface area (Å²) < 4.78 is 0. The third-order valence-corrected chi connectivity index (χ3v) is 5.79. The van der Waals surface area contributed by atoms with Gasteiger partial charge in [0.15, 0.2) is 0 Å². The van der Waals surface area contributed by atoms with Gasteiger partial charge in [-0.25, -0.2) is 9.59 Å². The van der Waals surface area contributed by atoms with E-state index in [9.17, 15) is 9.59 Å². The molecule has 2 fully saturated rings. The van der Waals surface area contributed by atoms with Crippen LogP contribution in [-0.2, 0) is 4.79 Å². The summed E-state index contributed by atoms with van der Waals surface area (Å²) in [6, 6.07) is -0.687. The van der Waals surface area contributed by atoms with E-state index in [1.165, 1.54) is 16.7 Å². The normalized spacial score (nSPS) is 30.6. The van der Waals surface area contributed by atoms with Gasteiger partial charge < -0.3 is 15.3 Å². The van der Waals surface area contributed by atoms with Crippen molar-refractivity contribution in [2.24, 2.45) is 0 Å². The van der Waals surface area contributed by atoms with Crippen LogP contribution in [0, 0.1) is 0 Å². The first-order valence-corrected chi connectivity index (χ1v) is 8.81. The fraction of sp³-hybridized carbons (Fsp3) is 0.833. The molecule has 3 atom stereocenters.